The lowest BCUT2D eigenvalue weighted by Gasteiger charge is -2.25. The molecule has 0 saturated heterocycles. The smallest absolute Gasteiger partial charge is 0.185 e. The van der Waals surface area contributed by atoms with Crippen LogP contribution in [0.25, 0.3) is 0 Å². The molecule has 0 spiro atoms. The summed E-state index contributed by atoms with van der Waals surface area (Å²) >= 11 is 0. The van der Waals surface area contributed by atoms with Crippen LogP contribution >= 0.6 is 0 Å². The Hall–Kier alpha value is 0.0969. The maximum atomic E-state index is 3.40. The Balaban J connectivity index is 2.15. The summed E-state index contributed by atoms with van der Waals surface area (Å²) in [7, 11) is 5.60. The molecule has 1 rings (SSSR count). The van der Waals surface area contributed by atoms with Crippen molar-refractivity contribution in [1.29, 1.82) is 0 Å². The van der Waals surface area contributed by atoms with E-state index in [0.29, 0.717) is 0 Å². The van der Waals surface area contributed by atoms with Crippen LogP contribution in [0.3, 0.4) is 0 Å². The Labute approximate surface area is 90.0 Å². The zero-order valence-electron chi connectivity index (χ0n) is 9.84. The Morgan fingerprint density at radius 3 is 2.29 bits per heavy atom. The van der Waals surface area contributed by atoms with E-state index in [4.69, 9.17) is 0 Å². The monoisotopic (exact) mass is 215 g/mol. The SMILES string of the molecule is CN[SiH](CCN(C)C1CCCC1)NC. The maximum absolute atomic E-state index is 3.40. The lowest BCUT2D eigenvalue weighted by Crippen LogP contribution is -2.45. The topological polar surface area (TPSA) is 27.3 Å². The van der Waals surface area contributed by atoms with Crippen molar-refractivity contribution in [2.45, 2.75) is 37.8 Å². The summed E-state index contributed by atoms with van der Waals surface area (Å²) in [5.74, 6) is 0. The molecule has 0 atom stereocenters. The first-order chi connectivity index (χ1) is 6.77. The van der Waals surface area contributed by atoms with Gasteiger partial charge >= 0.3 is 0 Å². The number of hydrogen-bond donors (Lipinski definition) is 2. The summed E-state index contributed by atoms with van der Waals surface area (Å²) in [6, 6.07) is 2.19. The fourth-order valence-corrected chi connectivity index (χ4v) is 3.82. The molecule has 0 radical (unpaired) electrons. The van der Waals surface area contributed by atoms with Gasteiger partial charge in [0.2, 0.25) is 0 Å². The number of nitrogens with zero attached hydrogens (tertiary/aromatic N) is 1. The highest BCUT2D eigenvalue weighted by molar-refractivity contribution is 6.53. The molecule has 0 aromatic carbocycles. The predicted octanol–water partition coefficient (Wildman–Crippen LogP) is 0.520. The molecule has 1 aliphatic carbocycles. The van der Waals surface area contributed by atoms with Crippen LogP contribution in [0.5, 0.6) is 0 Å². The van der Waals surface area contributed by atoms with Crippen LogP contribution in [0.1, 0.15) is 25.7 Å². The molecule has 84 valence electrons. The van der Waals surface area contributed by atoms with E-state index in [0.717, 1.165) is 6.04 Å². The van der Waals surface area contributed by atoms with E-state index in [9.17, 15) is 0 Å². The molecule has 1 saturated carbocycles. The number of hydrogen-bond acceptors (Lipinski definition) is 3. The van der Waals surface area contributed by atoms with Gasteiger partial charge in [-0.25, -0.2) is 0 Å². The molecule has 2 N–H and O–H groups in total. The molecule has 4 heteroatoms. The first-order valence-corrected chi connectivity index (χ1v) is 7.79. The predicted molar refractivity (Wildman–Crippen MR) is 65.0 cm³/mol. The first-order valence-electron chi connectivity index (χ1n) is 5.82. The van der Waals surface area contributed by atoms with Gasteiger partial charge in [0.25, 0.3) is 0 Å². The average Bonchev–Trinajstić information content (AvgIpc) is 2.72. The van der Waals surface area contributed by atoms with E-state index >= 15 is 0 Å². The summed E-state index contributed by atoms with van der Waals surface area (Å²) in [4.78, 5) is 9.35. The van der Waals surface area contributed by atoms with Gasteiger partial charge in [-0.15, -0.1) is 0 Å². The van der Waals surface area contributed by atoms with Crippen molar-refractivity contribution in [3.8, 4) is 0 Å². The summed E-state index contributed by atoms with van der Waals surface area (Å²) in [5, 5.41) is 0. The summed E-state index contributed by atoms with van der Waals surface area (Å²) < 4.78 is 0. The summed E-state index contributed by atoms with van der Waals surface area (Å²) in [6.45, 7) is 1.25. The Kier molecular flexibility index (Phi) is 5.70. The Morgan fingerprint density at radius 1 is 1.21 bits per heavy atom. The van der Waals surface area contributed by atoms with Gasteiger partial charge in [-0.2, -0.15) is 0 Å². The third-order valence-corrected chi connectivity index (χ3v) is 5.64. The van der Waals surface area contributed by atoms with Crippen molar-refractivity contribution < 1.29 is 0 Å². The fourth-order valence-electron chi connectivity index (χ4n) is 2.29. The fraction of sp³-hybridized carbons (Fsp3) is 1.00. The molecule has 0 bridgehead atoms. The zero-order chi connectivity index (χ0) is 10.4. The standard InChI is InChI=1S/C10H25N3Si/c1-11-14(12-2)9-8-13(3)10-6-4-5-7-10/h10-12,14H,4-9H2,1-3H3. The van der Waals surface area contributed by atoms with Crippen molar-refractivity contribution in [3.63, 3.8) is 0 Å². The van der Waals surface area contributed by atoms with E-state index < -0.39 is 9.12 Å². The van der Waals surface area contributed by atoms with E-state index in [1.165, 1.54) is 38.3 Å². The molecule has 0 aromatic heterocycles. The first kappa shape index (κ1) is 12.2. The molecule has 3 nitrogen and oxygen atoms in total. The highest BCUT2D eigenvalue weighted by Gasteiger charge is 2.19. The van der Waals surface area contributed by atoms with Crippen LogP contribution in [0.15, 0.2) is 0 Å². The van der Waals surface area contributed by atoms with Crippen LogP contribution < -0.4 is 9.96 Å². The summed E-state index contributed by atoms with van der Waals surface area (Å²) in [6.07, 6.45) is 5.71. The zero-order valence-corrected chi connectivity index (χ0v) is 11.0. The second kappa shape index (κ2) is 6.56. The number of nitrogens with one attached hydrogen (secondary N) is 2. The molecule has 0 amide bonds. The summed E-state index contributed by atoms with van der Waals surface area (Å²) in [5.41, 5.74) is 0. The van der Waals surface area contributed by atoms with Crippen LogP contribution in [-0.4, -0.2) is 47.7 Å². The van der Waals surface area contributed by atoms with Crippen molar-refractivity contribution in [2.24, 2.45) is 0 Å². The molecule has 1 fully saturated rings. The third-order valence-electron chi connectivity index (χ3n) is 3.42. The minimum atomic E-state index is -0.833. The van der Waals surface area contributed by atoms with E-state index in [-0.39, 0.29) is 0 Å². The van der Waals surface area contributed by atoms with Crippen LogP contribution in [0.2, 0.25) is 6.04 Å². The lowest BCUT2D eigenvalue weighted by atomic mass is 10.2. The van der Waals surface area contributed by atoms with Crippen LogP contribution in [0, 0.1) is 0 Å². The van der Waals surface area contributed by atoms with Crippen molar-refractivity contribution in [1.82, 2.24) is 14.9 Å². The normalized spacial score (nSPS) is 18.6. The molecule has 0 unspecified atom stereocenters. The molecule has 0 heterocycles. The second-order valence-electron chi connectivity index (χ2n) is 4.34. The van der Waals surface area contributed by atoms with Gasteiger partial charge in [-0.05, 0) is 46.6 Å². The minimum absolute atomic E-state index is 0.833. The highest BCUT2D eigenvalue weighted by atomic mass is 28.3. The Bertz CT molecular complexity index is 144. The van der Waals surface area contributed by atoms with Crippen LogP contribution in [-0.2, 0) is 0 Å². The van der Waals surface area contributed by atoms with E-state index in [2.05, 4.69) is 36.0 Å². The van der Waals surface area contributed by atoms with E-state index in [1.807, 2.05) is 0 Å². The molecular formula is C10H25N3Si. The molecule has 0 aliphatic heterocycles. The highest BCUT2D eigenvalue weighted by Crippen LogP contribution is 2.22. The van der Waals surface area contributed by atoms with Gasteiger partial charge in [-0.3, -0.25) is 0 Å². The molecule has 0 aromatic rings. The van der Waals surface area contributed by atoms with Crippen molar-refractivity contribution >= 4 is 9.12 Å². The maximum Gasteiger partial charge on any atom is 0.185 e. The minimum Gasteiger partial charge on any atom is -0.331 e. The average molecular weight is 215 g/mol. The largest absolute Gasteiger partial charge is 0.331 e. The van der Waals surface area contributed by atoms with Gasteiger partial charge in [0.15, 0.2) is 9.12 Å². The van der Waals surface area contributed by atoms with E-state index in [1.54, 1.807) is 0 Å². The molecule has 14 heavy (non-hydrogen) atoms. The molecular weight excluding hydrogens is 190 g/mol. The second-order valence-corrected chi connectivity index (χ2v) is 7.17. The van der Waals surface area contributed by atoms with Gasteiger partial charge in [0, 0.05) is 6.04 Å². The van der Waals surface area contributed by atoms with Gasteiger partial charge in [-0.1, -0.05) is 12.8 Å². The van der Waals surface area contributed by atoms with Gasteiger partial charge in [0.05, 0.1) is 0 Å². The Morgan fingerprint density at radius 2 is 1.79 bits per heavy atom. The van der Waals surface area contributed by atoms with Gasteiger partial charge in [0.1, 0.15) is 0 Å². The molecule has 1 aliphatic rings. The lowest BCUT2D eigenvalue weighted by molar-refractivity contribution is 0.257. The van der Waals surface area contributed by atoms with Crippen molar-refractivity contribution in [3.05, 3.63) is 0 Å². The third kappa shape index (κ3) is 3.69. The quantitative estimate of drug-likeness (QED) is 0.633. The van der Waals surface area contributed by atoms with Crippen LogP contribution in [0.4, 0.5) is 0 Å². The van der Waals surface area contributed by atoms with Gasteiger partial charge < -0.3 is 14.9 Å². The van der Waals surface area contributed by atoms with Crippen molar-refractivity contribution in [2.75, 3.05) is 27.7 Å². The number of rotatable bonds is 6.